The quantitative estimate of drug-likeness (QED) is 0.833. The number of carbonyl (C=O) groups is 1. The Labute approximate surface area is 118 Å². The third-order valence-corrected chi connectivity index (χ3v) is 4.30. The second kappa shape index (κ2) is 5.49. The molecule has 3 rings (SSSR count). The maximum Gasteiger partial charge on any atom is 0.287 e. The number of nitrogens with one attached hydrogen (secondary N) is 2. The summed E-state index contributed by atoms with van der Waals surface area (Å²) >= 11 is 0. The maximum absolute atomic E-state index is 12.3. The third kappa shape index (κ3) is 2.55. The lowest BCUT2D eigenvalue weighted by atomic mass is 10.00. The number of nitrogens with zero attached hydrogens (tertiary/aromatic N) is 4. The van der Waals surface area contributed by atoms with Gasteiger partial charge in [-0.1, -0.05) is 11.6 Å². The van der Waals surface area contributed by atoms with Gasteiger partial charge in [-0.25, -0.2) is 9.69 Å². The van der Waals surface area contributed by atoms with E-state index in [2.05, 4.69) is 39.9 Å². The van der Waals surface area contributed by atoms with Crippen molar-refractivity contribution >= 4 is 5.91 Å². The Morgan fingerprint density at radius 2 is 2.05 bits per heavy atom. The van der Waals surface area contributed by atoms with E-state index in [1.807, 2.05) is 0 Å². The van der Waals surface area contributed by atoms with Gasteiger partial charge in [-0.3, -0.25) is 10.2 Å². The molecule has 2 N–H and O–H groups in total. The van der Waals surface area contributed by atoms with Crippen LogP contribution in [0, 0.1) is 0 Å². The molecule has 0 spiro atoms. The van der Waals surface area contributed by atoms with Crippen LogP contribution in [-0.4, -0.2) is 51.1 Å². The number of amides is 1. The van der Waals surface area contributed by atoms with E-state index in [-0.39, 0.29) is 5.91 Å². The van der Waals surface area contributed by atoms with E-state index in [0.29, 0.717) is 23.8 Å². The van der Waals surface area contributed by atoms with Crippen LogP contribution in [0.15, 0.2) is 6.20 Å². The molecule has 1 aromatic rings. The van der Waals surface area contributed by atoms with Crippen molar-refractivity contribution in [2.75, 3.05) is 13.1 Å². The van der Waals surface area contributed by atoms with Crippen LogP contribution in [0.5, 0.6) is 0 Å². The fourth-order valence-electron chi connectivity index (χ4n) is 2.84. The minimum atomic E-state index is -0.163. The van der Waals surface area contributed by atoms with E-state index < -0.39 is 0 Å². The Morgan fingerprint density at radius 1 is 1.35 bits per heavy atom. The van der Waals surface area contributed by atoms with Crippen molar-refractivity contribution in [3.8, 4) is 0 Å². The summed E-state index contributed by atoms with van der Waals surface area (Å²) in [6.45, 7) is 6.08. The van der Waals surface area contributed by atoms with Gasteiger partial charge in [-0.15, -0.1) is 5.10 Å². The Bertz CT molecular complexity index is 473. The molecule has 3 heterocycles. The standard InChI is InChI=1S/C13H22N6O/c1-9-4-3-5-10(2)19(9)16-13(20)12-8-18(17-15-12)11-6-14-7-11/h8-11,14H,3-7H2,1-2H3,(H,16,20). The fourth-order valence-corrected chi connectivity index (χ4v) is 2.84. The van der Waals surface area contributed by atoms with Crippen molar-refractivity contribution in [1.82, 2.24) is 30.7 Å². The second-order valence-electron chi connectivity index (χ2n) is 5.87. The minimum Gasteiger partial charge on any atom is -0.312 e. The number of carbonyl (C=O) groups excluding carboxylic acids is 1. The smallest absolute Gasteiger partial charge is 0.287 e. The first-order valence-electron chi connectivity index (χ1n) is 7.37. The van der Waals surface area contributed by atoms with Gasteiger partial charge in [0.05, 0.1) is 12.2 Å². The van der Waals surface area contributed by atoms with E-state index in [1.54, 1.807) is 10.9 Å². The summed E-state index contributed by atoms with van der Waals surface area (Å²) in [6, 6.07) is 1.07. The van der Waals surface area contributed by atoms with Gasteiger partial charge in [0.25, 0.3) is 5.91 Å². The van der Waals surface area contributed by atoms with Crippen LogP contribution < -0.4 is 10.7 Å². The average Bonchev–Trinajstić information content (AvgIpc) is 2.81. The summed E-state index contributed by atoms with van der Waals surface area (Å²) in [5, 5.41) is 13.2. The van der Waals surface area contributed by atoms with Gasteiger partial charge < -0.3 is 5.32 Å². The van der Waals surface area contributed by atoms with Crippen molar-refractivity contribution in [1.29, 1.82) is 0 Å². The van der Waals surface area contributed by atoms with E-state index in [0.717, 1.165) is 25.9 Å². The number of rotatable bonds is 3. The maximum atomic E-state index is 12.3. The molecule has 7 heteroatoms. The van der Waals surface area contributed by atoms with Crippen LogP contribution >= 0.6 is 0 Å². The lowest BCUT2D eigenvalue weighted by molar-refractivity contribution is 0.0366. The predicted molar refractivity (Wildman–Crippen MR) is 74.0 cm³/mol. The summed E-state index contributed by atoms with van der Waals surface area (Å²) in [5.41, 5.74) is 3.38. The number of aromatic nitrogens is 3. The fraction of sp³-hybridized carbons (Fsp3) is 0.769. The molecule has 1 aromatic heterocycles. The summed E-state index contributed by atoms with van der Waals surface area (Å²) < 4.78 is 1.77. The minimum absolute atomic E-state index is 0.163. The van der Waals surface area contributed by atoms with Gasteiger partial charge >= 0.3 is 0 Å². The topological polar surface area (TPSA) is 75.1 Å². The van der Waals surface area contributed by atoms with Crippen molar-refractivity contribution < 1.29 is 4.79 Å². The van der Waals surface area contributed by atoms with Gasteiger partial charge in [0.15, 0.2) is 5.69 Å². The summed E-state index contributed by atoms with van der Waals surface area (Å²) in [5.74, 6) is -0.163. The van der Waals surface area contributed by atoms with Crippen LogP contribution in [0.3, 0.4) is 0 Å². The molecule has 0 radical (unpaired) electrons. The Balaban J connectivity index is 1.64. The van der Waals surface area contributed by atoms with Crippen LogP contribution in [0.2, 0.25) is 0 Å². The highest BCUT2D eigenvalue weighted by atomic mass is 16.2. The van der Waals surface area contributed by atoms with Crippen molar-refractivity contribution in [2.24, 2.45) is 0 Å². The molecule has 1 amide bonds. The highest BCUT2D eigenvalue weighted by Crippen LogP contribution is 2.20. The van der Waals surface area contributed by atoms with Gasteiger partial charge in [-0.2, -0.15) is 0 Å². The molecule has 0 aromatic carbocycles. The normalized spacial score (nSPS) is 28.1. The van der Waals surface area contributed by atoms with Gasteiger partial charge in [0, 0.05) is 25.2 Å². The van der Waals surface area contributed by atoms with Crippen LogP contribution in [0.4, 0.5) is 0 Å². The zero-order valence-electron chi connectivity index (χ0n) is 12.0. The van der Waals surface area contributed by atoms with Crippen molar-refractivity contribution in [2.45, 2.75) is 51.2 Å². The van der Waals surface area contributed by atoms with Gasteiger partial charge in [0.1, 0.15) is 0 Å². The Hall–Kier alpha value is -1.47. The molecular weight excluding hydrogens is 256 g/mol. The second-order valence-corrected chi connectivity index (χ2v) is 5.87. The van der Waals surface area contributed by atoms with Crippen molar-refractivity contribution in [3.63, 3.8) is 0 Å². The lowest BCUT2D eigenvalue weighted by Crippen LogP contribution is -2.54. The SMILES string of the molecule is CC1CCCC(C)N1NC(=O)c1cn(C2CNC2)nn1. The predicted octanol–water partition coefficient (Wildman–Crippen LogP) is 0.330. The van der Waals surface area contributed by atoms with Gasteiger partial charge in [-0.05, 0) is 26.7 Å². The Morgan fingerprint density at radius 3 is 2.65 bits per heavy atom. The molecular formula is C13H22N6O. The molecule has 2 unspecified atom stereocenters. The first-order chi connectivity index (χ1) is 9.65. The Kier molecular flexibility index (Phi) is 3.71. The number of hydrazine groups is 1. The molecule has 0 aliphatic carbocycles. The molecule has 20 heavy (non-hydrogen) atoms. The summed E-state index contributed by atoms with van der Waals surface area (Å²) in [7, 11) is 0. The monoisotopic (exact) mass is 278 g/mol. The van der Waals surface area contributed by atoms with Crippen LogP contribution in [-0.2, 0) is 0 Å². The highest BCUT2D eigenvalue weighted by molar-refractivity contribution is 5.91. The average molecular weight is 278 g/mol. The molecule has 2 atom stereocenters. The molecule has 7 nitrogen and oxygen atoms in total. The molecule has 2 saturated heterocycles. The molecule has 2 fully saturated rings. The van der Waals surface area contributed by atoms with E-state index in [1.165, 1.54) is 6.42 Å². The number of hydrogen-bond donors (Lipinski definition) is 2. The molecule has 0 bridgehead atoms. The van der Waals surface area contributed by atoms with E-state index in [4.69, 9.17) is 0 Å². The summed E-state index contributed by atoms with van der Waals surface area (Å²) in [4.78, 5) is 12.3. The third-order valence-electron chi connectivity index (χ3n) is 4.30. The molecule has 2 aliphatic heterocycles. The van der Waals surface area contributed by atoms with Crippen LogP contribution in [0.25, 0.3) is 0 Å². The largest absolute Gasteiger partial charge is 0.312 e. The zero-order chi connectivity index (χ0) is 14.1. The first kappa shape index (κ1) is 13.5. The zero-order valence-corrected chi connectivity index (χ0v) is 12.0. The molecule has 110 valence electrons. The van der Waals surface area contributed by atoms with E-state index in [9.17, 15) is 4.79 Å². The van der Waals surface area contributed by atoms with Crippen LogP contribution in [0.1, 0.15) is 49.6 Å². The summed E-state index contributed by atoms with van der Waals surface area (Å²) in [6.07, 6.45) is 5.19. The number of hydrogen-bond acceptors (Lipinski definition) is 5. The molecule has 0 saturated carbocycles. The first-order valence-corrected chi connectivity index (χ1v) is 7.37. The number of piperidine rings is 1. The van der Waals surface area contributed by atoms with Gasteiger partial charge in [0.2, 0.25) is 0 Å². The highest BCUT2D eigenvalue weighted by Gasteiger charge is 2.28. The lowest BCUT2D eigenvalue weighted by Gasteiger charge is -2.38. The molecule has 2 aliphatic rings. The van der Waals surface area contributed by atoms with E-state index >= 15 is 0 Å². The van der Waals surface area contributed by atoms with Crippen molar-refractivity contribution in [3.05, 3.63) is 11.9 Å².